The lowest BCUT2D eigenvalue weighted by atomic mass is 10.1. The molecule has 0 fully saturated rings. The molecule has 0 saturated carbocycles. The van der Waals surface area contributed by atoms with Gasteiger partial charge in [-0.25, -0.2) is 4.79 Å². The van der Waals surface area contributed by atoms with Gasteiger partial charge in [0.05, 0.1) is 5.56 Å². The molecule has 0 bridgehead atoms. The molecule has 2 rings (SSSR count). The number of hydrogen-bond acceptors (Lipinski definition) is 2. The largest absolute Gasteiger partial charge is 0.478 e. The molecule has 0 aliphatic carbocycles. The molecular weight excluding hydrogens is 297 g/mol. The summed E-state index contributed by atoms with van der Waals surface area (Å²) in [5, 5.41) is 8.65. The van der Waals surface area contributed by atoms with Crippen LogP contribution in [-0.2, 0) is 17.4 Å². The minimum absolute atomic E-state index is 0.399. The Morgan fingerprint density at radius 2 is 1.91 bits per heavy atom. The maximum absolute atomic E-state index is 12.5. The van der Waals surface area contributed by atoms with Crippen molar-refractivity contribution in [1.82, 2.24) is 0 Å². The third kappa shape index (κ3) is 3.58. The average Bonchev–Trinajstić information content (AvgIpc) is 2.87. The molecule has 6 heteroatoms. The first-order chi connectivity index (χ1) is 10.3. The van der Waals surface area contributed by atoms with Gasteiger partial charge in [0.25, 0.3) is 0 Å². The Hall–Kier alpha value is -2.50. The van der Waals surface area contributed by atoms with Crippen molar-refractivity contribution < 1.29 is 27.5 Å². The molecule has 0 amide bonds. The van der Waals surface area contributed by atoms with E-state index in [1.165, 1.54) is 18.2 Å². The fourth-order valence-corrected chi connectivity index (χ4v) is 1.99. The SMILES string of the molecule is CCc1oc(-c2ccc(C(F)(F)F)cc2)cc1C=CC(=O)O. The molecule has 0 radical (unpaired) electrons. The summed E-state index contributed by atoms with van der Waals surface area (Å²) in [6.45, 7) is 1.84. The van der Waals surface area contributed by atoms with Gasteiger partial charge in [0.2, 0.25) is 0 Å². The lowest BCUT2D eigenvalue weighted by Crippen LogP contribution is -2.03. The lowest BCUT2D eigenvalue weighted by molar-refractivity contribution is -0.137. The number of carbonyl (C=O) groups is 1. The first-order valence-corrected chi connectivity index (χ1v) is 6.52. The Balaban J connectivity index is 2.35. The summed E-state index contributed by atoms with van der Waals surface area (Å²) in [7, 11) is 0. The van der Waals surface area contributed by atoms with Crippen molar-refractivity contribution in [1.29, 1.82) is 0 Å². The molecule has 1 aromatic carbocycles. The summed E-state index contributed by atoms with van der Waals surface area (Å²) in [5.41, 5.74) is 0.363. The van der Waals surface area contributed by atoms with Crippen molar-refractivity contribution >= 4 is 12.0 Å². The molecule has 0 spiro atoms. The molecular formula is C16H13F3O3. The molecule has 116 valence electrons. The smallest absolute Gasteiger partial charge is 0.416 e. The number of carboxylic acids is 1. The highest BCUT2D eigenvalue weighted by Gasteiger charge is 2.30. The molecule has 1 aromatic heterocycles. The van der Waals surface area contributed by atoms with Crippen LogP contribution in [0.5, 0.6) is 0 Å². The molecule has 0 aliphatic rings. The van der Waals surface area contributed by atoms with Crippen LogP contribution < -0.4 is 0 Å². The van der Waals surface area contributed by atoms with Crippen LogP contribution in [0.4, 0.5) is 13.2 Å². The van der Waals surface area contributed by atoms with Gasteiger partial charge in [-0.3, -0.25) is 0 Å². The van der Waals surface area contributed by atoms with Crippen LogP contribution in [0, 0.1) is 0 Å². The Bertz CT molecular complexity index is 694. The molecule has 0 unspecified atom stereocenters. The average molecular weight is 310 g/mol. The van der Waals surface area contributed by atoms with Gasteiger partial charge in [-0.2, -0.15) is 13.2 Å². The van der Waals surface area contributed by atoms with Gasteiger partial charge >= 0.3 is 12.1 Å². The van der Waals surface area contributed by atoms with Crippen LogP contribution in [-0.4, -0.2) is 11.1 Å². The maximum atomic E-state index is 12.5. The van der Waals surface area contributed by atoms with Crippen LogP contribution in [0.3, 0.4) is 0 Å². The van der Waals surface area contributed by atoms with Gasteiger partial charge in [0.15, 0.2) is 0 Å². The monoisotopic (exact) mass is 310 g/mol. The summed E-state index contributed by atoms with van der Waals surface area (Å²) in [6.07, 6.45) is -1.45. The normalized spacial score (nSPS) is 12.0. The zero-order valence-corrected chi connectivity index (χ0v) is 11.6. The minimum Gasteiger partial charge on any atom is -0.478 e. The van der Waals surface area contributed by atoms with Crippen LogP contribution >= 0.6 is 0 Å². The number of carboxylic acid groups (broad SMARTS) is 1. The van der Waals surface area contributed by atoms with E-state index < -0.39 is 17.7 Å². The Kier molecular flexibility index (Phi) is 4.40. The third-order valence-electron chi connectivity index (χ3n) is 3.07. The second-order valence-corrected chi connectivity index (χ2v) is 4.59. The van der Waals surface area contributed by atoms with E-state index in [4.69, 9.17) is 9.52 Å². The molecule has 1 heterocycles. The molecule has 0 aliphatic heterocycles. The highest BCUT2D eigenvalue weighted by molar-refractivity contribution is 5.85. The predicted octanol–water partition coefficient (Wildman–Crippen LogP) is 4.63. The Labute approximate surface area is 124 Å². The highest BCUT2D eigenvalue weighted by Crippen LogP contribution is 2.32. The summed E-state index contributed by atoms with van der Waals surface area (Å²) in [6, 6.07) is 6.23. The highest BCUT2D eigenvalue weighted by atomic mass is 19.4. The standard InChI is InChI=1S/C16H13F3O3/c1-2-13-11(5-8-15(20)21)9-14(22-13)10-3-6-12(7-4-10)16(17,18)19/h3-9H,2H2,1H3,(H,20,21). The molecule has 3 nitrogen and oxygen atoms in total. The van der Waals surface area contributed by atoms with E-state index >= 15 is 0 Å². The zero-order chi connectivity index (χ0) is 16.3. The number of aliphatic carboxylic acids is 1. The van der Waals surface area contributed by atoms with Gasteiger partial charge in [-0.05, 0) is 24.3 Å². The van der Waals surface area contributed by atoms with Crippen molar-refractivity contribution in [3.63, 3.8) is 0 Å². The molecule has 1 N–H and O–H groups in total. The summed E-state index contributed by atoms with van der Waals surface area (Å²) < 4.78 is 43.2. The van der Waals surface area contributed by atoms with Gasteiger partial charge in [-0.15, -0.1) is 0 Å². The van der Waals surface area contributed by atoms with Crippen LogP contribution in [0.1, 0.15) is 23.8 Å². The van der Waals surface area contributed by atoms with Crippen LogP contribution in [0.2, 0.25) is 0 Å². The maximum Gasteiger partial charge on any atom is 0.416 e. The summed E-state index contributed by atoms with van der Waals surface area (Å²) >= 11 is 0. The van der Waals surface area contributed by atoms with E-state index in [1.54, 1.807) is 6.07 Å². The number of hydrogen-bond donors (Lipinski definition) is 1. The van der Waals surface area contributed by atoms with Crippen LogP contribution in [0.25, 0.3) is 17.4 Å². The molecule has 22 heavy (non-hydrogen) atoms. The quantitative estimate of drug-likeness (QED) is 0.838. The van der Waals surface area contributed by atoms with E-state index in [0.29, 0.717) is 29.1 Å². The third-order valence-corrected chi connectivity index (χ3v) is 3.07. The Morgan fingerprint density at radius 3 is 2.41 bits per heavy atom. The fourth-order valence-electron chi connectivity index (χ4n) is 1.99. The van der Waals surface area contributed by atoms with E-state index in [2.05, 4.69) is 0 Å². The van der Waals surface area contributed by atoms with Gasteiger partial charge < -0.3 is 9.52 Å². The van der Waals surface area contributed by atoms with Crippen molar-refractivity contribution in [2.45, 2.75) is 19.5 Å². The van der Waals surface area contributed by atoms with Gasteiger partial charge in [0.1, 0.15) is 11.5 Å². The van der Waals surface area contributed by atoms with E-state index in [0.717, 1.165) is 18.2 Å². The second-order valence-electron chi connectivity index (χ2n) is 4.59. The summed E-state index contributed by atoms with van der Waals surface area (Å²) in [5.74, 6) is -0.109. The first-order valence-electron chi connectivity index (χ1n) is 6.52. The first kappa shape index (κ1) is 15.9. The van der Waals surface area contributed by atoms with Crippen molar-refractivity contribution in [2.24, 2.45) is 0 Å². The predicted molar refractivity (Wildman–Crippen MR) is 75.2 cm³/mol. The zero-order valence-electron chi connectivity index (χ0n) is 11.6. The van der Waals surface area contributed by atoms with Gasteiger partial charge in [-0.1, -0.05) is 19.1 Å². The number of alkyl halides is 3. The van der Waals surface area contributed by atoms with Crippen molar-refractivity contribution in [2.75, 3.05) is 0 Å². The number of furan rings is 1. The molecule has 0 atom stereocenters. The number of benzene rings is 1. The topological polar surface area (TPSA) is 50.4 Å². The van der Waals surface area contributed by atoms with E-state index in [-0.39, 0.29) is 0 Å². The van der Waals surface area contributed by atoms with E-state index in [9.17, 15) is 18.0 Å². The fraction of sp³-hybridized carbons (Fsp3) is 0.188. The Morgan fingerprint density at radius 1 is 1.27 bits per heavy atom. The lowest BCUT2D eigenvalue weighted by Gasteiger charge is -2.06. The van der Waals surface area contributed by atoms with Gasteiger partial charge in [0, 0.05) is 23.6 Å². The van der Waals surface area contributed by atoms with E-state index in [1.807, 2.05) is 6.92 Å². The second kappa shape index (κ2) is 6.09. The number of halogens is 3. The van der Waals surface area contributed by atoms with Crippen LogP contribution in [0.15, 0.2) is 40.8 Å². The summed E-state index contributed by atoms with van der Waals surface area (Å²) in [4.78, 5) is 10.6. The van der Waals surface area contributed by atoms with Crippen molar-refractivity contribution in [3.05, 3.63) is 53.3 Å². The number of aryl methyl sites for hydroxylation is 1. The molecule has 0 saturated heterocycles. The number of rotatable bonds is 4. The molecule has 2 aromatic rings. The van der Waals surface area contributed by atoms with Crippen molar-refractivity contribution in [3.8, 4) is 11.3 Å². The minimum atomic E-state index is -4.38.